The first-order valence-corrected chi connectivity index (χ1v) is 8.79. The molecule has 0 aliphatic heterocycles. The lowest BCUT2D eigenvalue weighted by atomic mass is 9.98. The molecule has 144 valence electrons. The molecule has 8 heteroatoms. The van der Waals surface area contributed by atoms with Gasteiger partial charge in [0, 0.05) is 23.2 Å². The van der Waals surface area contributed by atoms with Gasteiger partial charge in [0.15, 0.2) is 17.3 Å². The molecule has 0 radical (unpaired) electrons. The summed E-state index contributed by atoms with van der Waals surface area (Å²) in [6.07, 6.45) is 2.23. The van der Waals surface area contributed by atoms with Gasteiger partial charge in [0.05, 0.1) is 0 Å². The molecule has 2 aromatic rings. The van der Waals surface area contributed by atoms with Crippen molar-refractivity contribution < 1.29 is 23.5 Å². The fraction of sp³-hybridized carbons (Fsp3) is 0.421. The van der Waals surface area contributed by atoms with Crippen LogP contribution in [0.25, 0.3) is 5.69 Å². The maximum Gasteiger partial charge on any atom is 0.303 e. The number of carboxylic acids is 1. The van der Waals surface area contributed by atoms with Crippen LogP contribution in [0.3, 0.4) is 0 Å². The van der Waals surface area contributed by atoms with E-state index in [1.54, 1.807) is 13.8 Å². The highest BCUT2D eigenvalue weighted by Crippen LogP contribution is 2.29. The van der Waals surface area contributed by atoms with Gasteiger partial charge in [-0.25, -0.2) is 13.5 Å². The summed E-state index contributed by atoms with van der Waals surface area (Å²) in [6.45, 7) is 3.47. The third-order valence-electron chi connectivity index (χ3n) is 4.72. The van der Waals surface area contributed by atoms with Gasteiger partial charge in [0.1, 0.15) is 5.69 Å². The maximum atomic E-state index is 14.2. The zero-order valence-corrected chi connectivity index (χ0v) is 15.2. The number of carboxylic acid groups (broad SMARTS) is 1. The standard InChI is InChI=1S/C19H21F2N3O3/c1-19(2,10-9-15(25)26)22-18(27)17-11-5-3-7-13(11)24(23-17)14-8-4-6-12(20)16(14)21/h4,6,8H,3,5,7,9-10H2,1-2H3,(H,22,27)(H,25,26). The predicted molar refractivity (Wildman–Crippen MR) is 93.9 cm³/mol. The SMILES string of the molecule is CC(C)(CCC(=O)O)NC(=O)c1nn(-c2cccc(F)c2F)c2c1CCC2. The third kappa shape index (κ3) is 3.84. The van der Waals surface area contributed by atoms with E-state index in [9.17, 15) is 18.4 Å². The molecule has 0 spiro atoms. The van der Waals surface area contributed by atoms with Crippen molar-refractivity contribution in [2.24, 2.45) is 0 Å². The first kappa shape index (κ1) is 19.0. The maximum absolute atomic E-state index is 14.2. The van der Waals surface area contributed by atoms with Crippen molar-refractivity contribution in [3.8, 4) is 5.69 Å². The van der Waals surface area contributed by atoms with Crippen molar-refractivity contribution in [1.82, 2.24) is 15.1 Å². The molecule has 3 rings (SSSR count). The van der Waals surface area contributed by atoms with Crippen LogP contribution in [0.5, 0.6) is 0 Å². The van der Waals surface area contributed by atoms with Crippen LogP contribution in [-0.4, -0.2) is 32.3 Å². The van der Waals surface area contributed by atoms with Crippen molar-refractivity contribution >= 4 is 11.9 Å². The van der Waals surface area contributed by atoms with Crippen molar-refractivity contribution in [1.29, 1.82) is 0 Å². The molecule has 0 saturated carbocycles. The first-order valence-electron chi connectivity index (χ1n) is 8.79. The van der Waals surface area contributed by atoms with Crippen LogP contribution in [0.15, 0.2) is 18.2 Å². The normalized spacial score (nSPS) is 13.5. The number of nitrogens with one attached hydrogen (secondary N) is 1. The number of nitrogens with zero attached hydrogens (tertiary/aromatic N) is 2. The van der Waals surface area contributed by atoms with E-state index in [1.807, 2.05) is 0 Å². The number of hydrogen-bond acceptors (Lipinski definition) is 3. The largest absolute Gasteiger partial charge is 0.481 e. The van der Waals surface area contributed by atoms with E-state index < -0.39 is 29.0 Å². The van der Waals surface area contributed by atoms with Crippen LogP contribution in [0.2, 0.25) is 0 Å². The lowest BCUT2D eigenvalue weighted by Crippen LogP contribution is -2.44. The number of rotatable bonds is 6. The predicted octanol–water partition coefficient (Wildman–Crippen LogP) is 3.01. The van der Waals surface area contributed by atoms with Gasteiger partial charge in [-0.05, 0) is 51.7 Å². The van der Waals surface area contributed by atoms with Gasteiger partial charge in [-0.3, -0.25) is 9.59 Å². The minimum atomic E-state index is -1.01. The highest BCUT2D eigenvalue weighted by Gasteiger charge is 2.31. The van der Waals surface area contributed by atoms with Crippen LogP contribution in [0.4, 0.5) is 8.78 Å². The van der Waals surface area contributed by atoms with Crippen LogP contribution in [0.1, 0.15) is 54.9 Å². The topological polar surface area (TPSA) is 84.2 Å². The van der Waals surface area contributed by atoms with Gasteiger partial charge in [-0.15, -0.1) is 0 Å². The second-order valence-electron chi connectivity index (χ2n) is 7.34. The Bertz CT molecular complexity index is 906. The van der Waals surface area contributed by atoms with Gasteiger partial charge < -0.3 is 10.4 Å². The molecule has 0 bridgehead atoms. The second kappa shape index (κ2) is 7.09. The summed E-state index contributed by atoms with van der Waals surface area (Å²) >= 11 is 0. The summed E-state index contributed by atoms with van der Waals surface area (Å²) in [5.74, 6) is -3.37. The quantitative estimate of drug-likeness (QED) is 0.811. The molecule has 1 aliphatic carbocycles. The third-order valence-corrected chi connectivity index (χ3v) is 4.72. The van der Waals surface area contributed by atoms with Crippen LogP contribution >= 0.6 is 0 Å². The van der Waals surface area contributed by atoms with Crippen LogP contribution in [0, 0.1) is 11.6 Å². The minimum absolute atomic E-state index is 0.0302. The smallest absolute Gasteiger partial charge is 0.303 e. The van der Waals surface area contributed by atoms with E-state index in [4.69, 9.17) is 5.11 Å². The molecule has 1 aliphatic rings. The summed E-state index contributed by atoms with van der Waals surface area (Å²) in [5, 5.41) is 15.9. The zero-order chi connectivity index (χ0) is 19.8. The number of hydrogen-bond donors (Lipinski definition) is 2. The van der Waals surface area contributed by atoms with Crippen LogP contribution in [-0.2, 0) is 17.6 Å². The van der Waals surface area contributed by atoms with E-state index >= 15 is 0 Å². The average molecular weight is 377 g/mol. The molecule has 27 heavy (non-hydrogen) atoms. The summed E-state index contributed by atoms with van der Waals surface area (Å²) < 4.78 is 29.1. The number of halogens is 2. The van der Waals surface area contributed by atoms with Crippen molar-refractivity contribution in [2.75, 3.05) is 0 Å². The van der Waals surface area contributed by atoms with Gasteiger partial charge in [0.2, 0.25) is 0 Å². The molecule has 0 fully saturated rings. The van der Waals surface area contributed by atoms with Crippen molar-refractivity contribution in [2.45, 2.75) is 51.5 Å². The zero-order valence-electron chi connectivity index (χ0n) is 15.2. The Hall–Kier alpha value is -2.77. The summed E-state index contributed by atoms with van der Waals surface area (Å²) in [7, 11) is 0. The number of aromatic nitrogens is 2. The number of benzene rings is 1. The van der Waals surface area contributed by atoms with E-state index in [1.165, 1.54) is 16.8 Å². The lowest BCUT2D eigenvalue weighted by molar-refractivity contribution is -0.137. The fourth-order valence-corrected chi connectivity index (χ4v) is 3.32. The molecule has 1 aromatic carbocycles. The Morgan fingerprint density at radius 1 is 1.30 bits per heavy atom. The molecule has 1 amide bonds. The molecule has 1 heterocycles. The van der Waals surface area contributed by atoms with Crippen molar-refractivity contribution in [3.63, 3.8) is 0 Å². The molecule has 2 N–H and O–H groups in total. The van der Waals surface area contributed by atoms with Gasteiger partial charge in [-0.2, -0.15) is 5.10 Å². The lowest BCUT2D eigenvalue weighted by Gasteiger charge is -2.25. The minimum Gasteiger partial charge on any atom is -0.481 e. The number of aliphatic carboxylic acids is 1. The molecule has 6 nitrogen and oxygen atoms in total. The van der Waals surface area contributed by atoms with E-state index in [0.717, 1.165) is 18.1 Å². The Balaban J connectivity index is 1.92. The molecule has 0 unspecified atom stereocenters. The highest BCUT2D eigenvalue weighted by molar-refractivity contribution is 5.94. The van der Waals surface area contributed by atoms with E-state index in [-0.39, 0.29) is 24.2 Å². The number of amides is 1. The molecular formula is C19H21F2N3O3. The number of fused-ring (bicyclic) bond motifs is 1. The average Bonchev–Trinajstić information content (AvgIpc) is 3.18. The molecule has 0 atom stereocenters. The molecule has 1 aromatic heterocycles. The summed E-state index contributed by atoms with van der Waals surface area (Å²) in [6, 6.07) is 3.84. The second-order valence-corrected chi connectivity index (χ2v) is 7.34. The monoisotopic (exact) mass is 377 g/mol. The Labute approximate surface area is 155 Å². The Morgan fingerprint density at radius 2 is 2.04 bits per heavy atom. The number of carbonyl (C=O) groups excluding carboxylic acids is 1. The number of carbonyl (C=O) groups is 2. The van der Waals surface area contributed by atoms with Gasteiger partial charge >= 0.3 is 5.97 Å². The highest BCUT2D eigenvalue weighted by atomic mass is 19.2. The van der Waals surface area contributed by atoms with E-state index in [2.05, 4.69) is 10.4 Å². The van der Waals surface area contributed by atoms with E-state index in [0.29, 0.717) is 18.5 Å². The summed E-state index contributed by atoms with van der Waals surface area (Å²) in [4.78, 5) is 23.5. The molecule has 0 saturated heterocycles. The molecular weight excluding hydrogens is 356 g/mol. The van der Waals surface area contributed by atoms with Crippen molar-refractivity contribution in [3.05, 3.63) is 46.8 Å². The summed E-state index contributed by atoms with van der Waals surface area (Å²) in [5.41, 5.74) is 0.833. The first-order chi connectivity index (χ1) is 12.7. The van der Waals surface area contributed by atoms with Crippen LogP contribution < -0.4 is 5.32 Å². The van der Waals surface area contributed by atoms with Gasteiger partial charge in [-0.1, -0.05) is 6.07 Å². The Kier molecular flexibility index (Phi) is 4.99. The Morgan fingerprint density at radius 3 is 2.74 bits per heavy atom. The fourth-order valence-electron chi connectivity index (χ4n) is 3.32. The van der Waals surface area contributed by atoms with Gasteiger partial charge in [0.25, 0.3) is 5.91 Å².